The van der Waals surface area contributed by atoms with E-state index >= 15 is 0 Å². The Bertz CT molecular complexity index is 1040. The van der Waals surface area contributed by atoms with Gasteiger partial charge in [-0.2, -0.15) is 0 Å². The molecule has 1 aromatic heterocycles. The number of ether oxygens (including phenoxy) is 1. The van der Waals surface area contributed by atoms with Gasteiger partial charge in [-0.15, -0.1) is 0 Å². The number of H-pyrrole nitrogens is 2. The summed E-state index contributed by atoms with van der Waals surface area (Å²) in [5.41, 5.74) is 7.37. The molecular formula is C20H19ClFN3O3. The van der Waals surface area contributed by atoms with Gasteiger partial charge in [-0.05, 0) is 35.4 Å². The van der Waals surface area contributed by atoms with E-state index in [1.54, 1.807) is 7.11 Å². The highest BCUT2D eigenvalue weighted by Gasteiger charge is 2.26. The minimum atomic E-state index is -0.700. The summed E-state index contributed by atoms with van der Waals surface area (Å²) in [6, 6.07) is 11.2. The van der Waals surface area contributed by atoms with E-state index in [1.165, 1.54) is 12.1 Å². The van der Waals surface area contributed by atoms with E-state index in [0.29, 0.717) is 23.2 Å². The van der Waals surface area contributed by atoms with Gasteiger partial charge in [0.05, 0.1) is 7.11 Å². The quantitative estimate of drug-likeness (QED) is 0.565. The minimum Gasteiger partial charge on any atom is -0.497 e. The second-order valence-electron chi connectivity index (χ2n) is 6.39. The number of aromatic amines is 2. The van der Waals surface area contributed by atoms with Gasteiger partial charge in [0.15, 0.2) is 0 Å². The molecule has 0 aliphatic carbocycles. The van der Waals surface area contributed by atoms with Crippen LogP contribution < -0.4 is 16.0 Å². The minimum absolute atomic E-state index is 0.127. The lowest BCUT2D eigenvalue weighted by Crippen LogP contribution is -2.21. The number of hydrogen-bond donors (Lipinski definition) is 3. The average Bonchev–Trinajstić information content (AvgIpc) is 3.01. The third-order valence-electron chi connectivity index (χ3n) is 4.53. The Balaban J connectivity index is 2.04. The molecule has 2 aromatic carbocycles. The molecule has 4 N–H and O–H groups in total. The number of halogens is 2. The average molecular weight is 404 g/mol. The van der Waals surface area contributed by atoms with E-state index in [1.807, 2.05) is 24.3 Å². The molecule has 0 saturated heterocycles. The Kier molecular flexibility index (Phi) is 5.84. The largest absolute Gasteiger partial charge is 0.497 e. The molecular weight excluding hydrogens is 385 g/mol. The van der Waals surface area contributed by atoms with Gasteiger partial charge in [-0.1, -0.05) is 29.8 Å². The van der Waals surface area contributed by atoms with E-state index in [9.17, 15) is 14.0 Å². The lowest BCUT2D eigenvalue weighted by Gasteiger charge is -2.17. The van der Waals surface area contributed by atoms with Crippen LogP contribution >= 0.6 is 11.6 Å². The van der Waals surface area contributed by atoms with Crippen LogP contribution in [0.4, 0.5) is 4.39 Å². The van der Waals surface area contributed by atoms with Crippen molar-refractivity contribution >= 4 is 17.5 Å². The molecule has 0 fully saturated rings. The predicted octanol–water partition coefficient (Wildman–Crippen LogP) is 3.10. The monoisotopic (exact) mass is 403 g/mol. The van der Waals surface area contributed by atoms with Gasteiger partial charge in [-0.3, -0.25) is 14.7 Å². The molecule has 28 heavy (non-hydrogen) atoms. The van der Waals surface area contributed by atoms with Crippen molar-refractivity contribution in [3.63, 3.8) is 0 Å². The number of carbonyl (C=O) groups is 1. The number of primary amides is 1. The molecule has 6 nitrogen and oxygen atoms in total. The van der Waals surface area contributed by atoms with E-state index in [0.717, 1.165) is 17.4 Å². The van der Waals surface area contributed by atoms with Crippen molar-refractivity contribution in [2.75, 3.05) is 7.11 Å². The zero-order valence-corrected chi connectivity index (χ0v) is 15.8. The van der Waals surface area contributed by atoms with E-state index in [-0.39, 0.29) is 17.0 Å². The van der Waals surface area contributed by atoms with Crippen LogP contribution in [-0.4, -0.2) is 23.2 Å². The highest BCUT2D eigenvalue weighted by Crippen LogP contribution is 2.33. The van der Waals surface area contributed by atoms with Crippen molar-refractivity contribution < 1.29 is 13.9 Å². The van der Waals surface area contributed by atoms with Crippen LogP contribution in [-0.2, 0) is 11.2 Å². The zero-order valence-electron chi connectivity index (χ0n) is 15.1. The number of rotatable bonds is 7. The van der Waals surface area contributed by atoms with Crippen molar-refractivity contribution in [2.45, 2.75) is 18.8 Å². The maximum Gasteiger partial charge on any atom is 0.267 e. The number of carbonyl (C=O) groups excluding carboxylic acids is 1. The van der Waals surface area contributed by atoms with Crippen molar-refractivity contribution in [1.82, 2.24) is 10.2 Å². The highest BCUT2D eigenvalue weighted by molar-refractivity contribution is 6.31. The lowest BCUT2D eigenvalue weighted by atomic mass is 9.87. The molecule has 0 radical (unpaired) electrons. The molecule has 3 aromatic rings. The Hall–Kier alpha value is -3.06. The first-order valence-corrected chi connectivity index (χ1v) is 8.92. The number of aromatic nitrogens is 2. The molecule has 1 atom stereocenters. The van der Waals surface area contributed by atoms with E-state index in [4.69, 9.17) is 22.1 Å². The Morgan fingerprint density at radius 2 is 1.93 bits per heavy atom. The Labute approximate surface area is 165 Å². The van der Waals surface area contributed by atoms with Gasteiger partial charge in [-0.25, -0.2) is 4.39 Å². The number of nitrogens with one attached hydrogen (secondary N) is 2. The third-order valence-corrected chi connectivity index (χ3v) is 4.86. The van der Waals surface area contributed by atoms with Gasteiger partial charge < -0.3 is 15.6 Å². The number of methoxy groups -OCH3 is 1. The summed E-state index contributed by atoms with van der Waals surface area (Å²) < 4.78 is 18.6. The van der Waals surface area contributed by atoms with Crippen LogP contribution in [0.2, 0.25) is 5.02 Å². The first-order valence-electron chi connectivity index (χ1n) is 8.54. The van der Waals surface area contributed by atoms with Gasteiger partial charge in [0.25, 0.3) is 5.56 Å². The van der Waals surface area contributed by atoms with Crippen LogP contribution in [0, 0.1) is 5.82 Å². The Morgan fingerprint density at radius 1 is 1.21 bits per heavy atom. The normalized spacial score (nSPS) is 12.0. The van der Waals surface area contributed by atoms with Gasteiger partial charge in [0.1, 0.15) is 11.6 Å². The number of hydrogen-bond acceptors (Lipinski definition) is 3. The van der Waals surface area contributed by atoms with E-state index in [2.05, 4.69) is 10.2 Å². The second kappa shape index (κ2) is 8.31. The van der Waals surface area contributed by atoms with Crippen molar-refractivity contribution in [3.05, 3.63) is 86.0 Å². The van der Waals surface area contributed by atoms with Gasteiger partial charge in [0, 0.05) is 35.0 Å². The molecule has 0 aliphatic heterocycles. The molecule has 146 valence electrons. The third kappa shape index (κ3) is 4.26. The molecule has 3 rings (SSSR count). The molecule has 1 amide bonds. The van der Waals surface area contributed by atoms with Crippen molar-refractivity contribution in [3.8, 4) is 5.75 Å². The molecule has 8 heteroatoms. The fraction of sp³-hybridized carbons (Fsp3) is 0.200. The predicted molar refractivity (Wildman–Crippen MR) is 104 cm³/mol. The van der Waals surface area contributed by atoms with Crippen molar-refractivity contribution in [1.29, 1.82) is 0 Å². The van der Waals surface area contributed by atoms with Crippen molar-refractivity contribution in [2.24, 2.45) is 5.73 Å². The van der Waals surface area contributed by atoms with E-state index < -0.39 is 17.6 Å². The number of benzene rings is 2. The fourth-order valence-electron chi connectivity index (χ4n) is 3.21. The summed E-state index contributed by atoms with van der Waals surface area (Å²) in [4.78, 5) is 24.2. The molecule has 0 unspecified atom stereocenters. The first kappa shape index (κ1) is 19.7. The highest BCUT2D eigenvalue weighted by atomic mass is 35.5. The molecule has 0 aliphatic rings. The maximum absolute atomic E-state index is 13.5. The summed E-state index contributed by atoms with van der Waals surface area (Å²) >= 11 is 6.19. The fourth-order valence-corrected chi connectivity index (χ4v) is 3.51. The summed E-state index contributed by atoms with van der Waals surface area (Å²) in [6.07, 6.45) is 0.272. The van der Waals surface area contributed by atoms with Gasteiger partial charge >= 0.3 is 0 Å². The maximum atomic E-state index is 13.5. The SMILES string of the molecule is COc1ccc(Cc2[nH][nH]c(=O)c2[C@@H](CC(N)=O)c2ccc(F)cc2Cl)cc1. The molecule has 0 bridgehead atoms. The summed E-state index contributed by atoms with van der Waals surface area (Å²) in [7, 11) is 1.58. The molecule has 1 heterocycles. The lowest BCUT2D eigenvalue weighted by molar-refractivity contribution is -0.118. The van der Waals surface area contributed by atoms with Crippen LogP contribution in [0.3, 0.4) is 0 Å². The van der Waals surface area contributed by atoms with Crippen LogP contribution in [0.15, 0.2) is 47.3 Å². The number of nitrogens with two attached hydrogens (primary N) is 1. The topological polar surface area (TPSA) is 101 Å². The molecule has 0 saturated carbocycles. The van der Waals surface area contributed by atoms with Crippen LogP contribution in [0.25, 0.3) is 0 Å². The summed E-state index contributed by atoms with van der Waals surface area (Å²) in [6.45, 7) is 0. The first-order chi connectivity index (χ1) is 13.4. The number of amides is 1. The molecule has 0 spiro atoms. The van der Waals surface area contributed by atoms with Crippen LogP contribution in [0.5, 0.6) is 5.75 Å². The summed E-state index contributed by atoms with van der Waals surface area (Å²) in [5, 5.41) is 5.55. The Morgan fingerprint density at radius 3 is 2.54 bits per heavy atom. The smallest absolute Gasteiger partial charge is 0.267 e. The zero-order chi connectivity index (χ0) is 20.3. The van der Waals surface area contributed by atoms with Gasteiger partial charge in [0.2, 0.25) is 5.91 Å². The standard InChI is InChI=1S/C20H19ClFN3O3/c1-28-13-5-2-11(3-6-13)8-17-19(20(27)25-24-17)15(10-18(23)26)14-7-4-12(22)9-16(14)21/h2-7,9,15H,8,10H2,1H3,(H2,23,26)(H2,24,25,27)/t15-/m0/s1. The second-order valence-corrected chi connectivity index (χ2v) is 6.79. The van der Waals surface area contributed by atoms with Crippen LogP contribution in [0.1, 0.15) is 34.7 Å². The summed E-state index contributed by atoms with van der Waals surface area (Å²) in [5.74, 6) is -1.08.